The lowest BCUT2D eigenvalue weighted by molar-refractivity contribution is 0.00535. The molecule has 2 aromatic rings. The molecule has 1 aromatic carbocycles. The van der Waals surface area contributed by atoms with Crippen molar-refractivity contribution in [3.8, 4) is 0 Å². The van der Waals surface area contributed by atoms with Gasteiger partial charge in [-0.25, -0.2) is 0 Å². The molecule has 0 aliphatic rings. The molecular formula is C18H27N3O. The van der Waals surface area contributed by atoms with E-state index in [0.717, 1.165) is 25.1 Å². The van der Waals surface area contributed by atoms with E-state index in [4.69, 9.17) is 0 Å². The van der Waals surface area contributed by atoms with Crippen LogP contribution in [0.5, 0.6) is 0 Å². The standard InChI is InChI=1S/C18H27N3O/c1-4-15(2)18(3,22)14-19-10-17-11-20-21(13-17)12-16-8-6-5-7-9-16/h5-9,11,13,15,19,22H,4,10,12,14H2,1-3H3. The summed E-state index contributed by atoms with van der Waals surface area (Å²) < 4.78 is 1.94. The molecule has 2 atom stereocenters. The lowest BCUT2D eigenvalue weighted by atomic mass is 9.88. The zero-order valence-corrected chi connectivity index (χ0v) is 13.8. The van der Waals surface area contributed by atoms with E-state index in [2.05, 4.69) is 42.6 Å². The van der Waals surface area contributed by atoms with Crippen molar-refractivity contribution in [1.29, 1.82) is 0 Å². The lowest BCUT2D eigenvalue weighted by Crippen LogP contribution is -2.42. The fourth-order valence-electron chi connectivity index (χ4n) is 2.43. The van der Waals surface area contributed by atoms with Gasteiger partial charge < -0.3 is 10.4 Å². The minimum atomic E-state index is -0.672. The first-order chi connectivity index (χ1) is 10.5. The number of aromatic nitrogens is 2. The summed E-state index contributed by atoms with van der Waals surface area (Å²) in [6.07, 6.45) is 4.91. The van der Waals surface area contributed by atoms with Crippen LogP contribution in [-0.4, -0.2) is 27.0 Å². The second-order valence-corrected chi connectivity index (χ2v) is 6.30. The molecule has 0 fully saturated rings. The molecule has 4 nitrogen and oxygen atoms in total. The Morgan fingerprint density at radius 2 is 2.00 bits per heavy atom. The van der Waals surface area contributed by atoms with E-state index in [1.165, 1.54) is 5.56 Å². The van der Waals surface area contributed by atoms with Crippen molar-refractivity contribution in [2.24, 2.45) is 5.92 Å². The van der Waals surface area contributed by atoms with Crippen molar-refractivity contribution >= 4 is 0 Å². The van der Waals surface area contributed by atoms with Gasteiger partial charge in [-0.2, -0.15) is 5.10 Å². The number of hydrogen-bond donors (Lipinski definition) is 2. The summed E-state index contributed by atoms with van der Waals surface area (Å²) in [5.74, 6) is 0.279. The third-order valence-corrected chi connectivity index (χ3v) is 4.36. The Morgan fingerprint density at radius 1 is 1.27 bits per heavy atom. The number of nitrogens with zero attached hydrogens (tertiary/aromatic N) is 2. The maximum absolute atomic E-state index is 10.4. The van der Waals surface area contributed by atoms with Crippen molar-refractivity contribution in [3.63, 3.8) is 0 Å². The highest BCUT2D eigenvalue weighted by atomic mass is 16.3. The molecule has 0 radical (unpaired) electrons. The number of aliphatic hydroxyl groups is 1. The van der Waals surface area contributed by atoms with Gasteiger partial charge in [0.15, 0.2) is 0 Å². The molecule has 0 aliphatic heterocycles. The van der Waals surface area contributed by atoms with E-state index in [1.807, 2.05) is 36.0 Å². The fraction of sp³-hybridized carbons (Fsp3) is 0.500. The smallest absolute Gasteiger partial charge is 0.0768 e. The van der Waals surface area contributed by atoms with Crippen LogP contribution >= 0.6 is 0 Å². The Hall–Kier alpha value is -1.65. The van der Waals surface area contributed by atoms with Crippen LogP contribution in [-0.2, 0) is 13.1 Å². The molecule has 1 heterocycles. The molecule has 2 unspecified atom stereocenters. The third-order valence-electron chi connectivity index (χ3n) is 4.36. The second-order valence-electron chi connectivity index (χ2n) is 6.30. The normalized spacial score (nSPS) is 15.5. The van der Waals surface area contributed by atoms with Gasteiger partial charge in [-0.15, -0.1) is 0 Å². The van der Waals surface area contributed by atoms with Gasteiger partial charge in [-0.1, -0.05) is 50.6 Å². The number of rotatable bonds is 8. The Labute approximate surface area is 133 Å². The predicted octanol–water partition coefficient (Wildman–Crippen LogP) is 2.82. The van der Waals surface area contributed by atoms with Crippen LogP contribution in [0, 0.1) is 5.92 Å². The first kappa shape index (κ1) is 16.7. The Bertz CT molecular complexity index is 563. The number of benzene rings is 1. The largest absolute Gasteiger partial charge is 0.389 e. The van der Waals surface area contributed by atoms with Crippen molar-refractivity contribution in [1.82, 2.24) is 15.1 Å². The molecule has 120 valence electrons. The van der Waals surface area contributed by atoms with Gasteiger partial charge in [0.25, 0.3) is 0 Å². The molecule has 22 heavy (non-hydrogen) atoms. The van der Waals surface area contributed by atoms with Crippen molar-refractivity contribution < 1.29 is 5.11 Å². The summed E-state index contributed by atoms with van der Waals surface area (Å²) in [5.41, 5.74) is 1.70. The van der Waals surface area contributed by atoms with Crippen LogP contribution in [0.3, 0.4) is 0 Å². The molecule has 0 bridgehead atoms. The minimum absolute atomic E-state index is 0.279. The molecule has 0 aliphatic carbocycles. The van der Waals surface area contributed by atoms with Crippen molar-refractivity contribution in [3.05, 3.63) is 53.9 Å². The summed E-state index contributed by atoms with van der Waals surface area (Å²) >= 11 is 0. The Kier molecular flexibility index (Phi) is 5.75. The highest BCUT2D eigenvalue weighted by Gasteiger charge is 2.26. The second kappa shape index (κ2) is 7.56. The summed E-state index contributed by atoms with van der Waals surface area (Å²) in [4.78, 5) is 0. The van der Waals surface area contributed by atoms with Gasteiger partial charge in [0, 0.05) is 24.8 Å². The Balaban J connectivity index is 1.83. The molecule has 0 saturated heterocycles. The maximum Gasteiger partial charge on any atom is 0.0768 e. The van der Waals surface area contributed by atoms with Crippen LogP contribution in [0.25, 0.3) is 0 Å². The average Bonchev–Trinajstić information content (AvgIpc) is 2.94. The van der Waals surface area contributed by atoms with E-state index in [-0.39, 0.29) is 5.92 Å². The van der Waals surface area contributed by atoms with Gasteiger partial charge >= 0.3 is 0 Å². The zero-order chi connectivity index (χ0) is 16.0. The van der Waals surface area contributed by atoms with Crippen LogP contribution in [0.15, 0.2) is 42.7 Å². The molecule has 2 N–H and O–H groups in total. The molecule has 4 heteroatoms. The van der Waals surface area contributed by atoms with E-state index in [0.29, 0.717) is 6.54 Å². The van der Waals surface area contributed by atoms with Gasteiger partial charge in [0.2, 0.25) is 0 Å². The van der Waals surface area contributed by atoms with Crippen molar-refractivity contribution in [2.75, 3.05) is 6.54 Å². The molecule has 0 saturated carbocycles. The summed E-state index contributed by atoms with van der Waals surface area (Å²) in [5, 5.41) is 18.1. The van der Waals surface area contributed by atoms with Gasteiger partial charge in [0.1, 0.15) is 0 Å². The minimum Gasteiger partial charge on any atom is -0.389 e. The van der Waals surface area contributed by atoms with Gasteiger partial charge in [-0.05, 0) is 18.4 Å². The first-order valence-corrected chi connectivity index (χ1v) is 7.99. The van der Waals surface area contributed by atoms with Crippen molar-refractivity contribution in [2.45, 2.75) is 45.9 Å². The number of hydrogen-bond acceptors (Lipinski definition) is 3. The lowest BCUT2D eigenvalue weighted by Gasteiger charge is -2.29. The maximum atomic E-state index is 10.4. The number of nitrogens with one attached hydrogen (secondary N) is 1. The van der Waals surface area contributed by atoms with Crippen LogP contribution < -0.4 is 5.32 Å². The van der Waals surface area contributed by atoms with E-state index in [1.54, 1.807) is 0 Å². The molecule has 1 aromatic heterocycles. The summed E-state index contributed by atoms with van der Waals surface area (Å²) in [7, 11) is 0. The average molecular weight is 301 g/mol. The van der Waals surface area contributed by atoms with E-state index < -0.39 is 5.60 Å². The predicted molar refractivity (Wildman–Crippen MR) is 89.6 cm³/mol. The molecule has 2 rings (SSSR count). The van der Waals surface area contributed by atoms with Crippen LogP contribution in [0.4, 0.5) is 0 Å². The van der Waals surface area contributed by atoms with Crippen LogP contribution in [0.1, 0.15) is 38.3 Å². The van der Waals surface area contributed by atoms with Gasteiger partial charge in [0.05, 0.1) is 18.3 Å². The Morgan fingerprint density at radius 3 is 2.68 bits per heavy atom. The molecule has 0 amide bonds. The highest BCUT2D eigenvalue weighted by Crippen LogP contribution is 2.18. The SMILES string of the molecule is CCC(C)C(C)(O)CNCc1cnn(Cc2ccccc2)c1. The fourth-order valence-corrected chi connectivity index (χ4v) is 2.43. The first-order valence-electron chi connectivity index (χ1n) is 7.99. The third kappa shape index (κ3) is 4.68. The highest BCUT2D eigenvalue weighted by molar-refractivity contribution is 5.15. The molecule has 0 spiro atoms. The zero-order valence-electron chi connectivity index (χ0n) is 13.8. The summed E-state index contributed by atoms with van der Waals surface area (Å²) in [6.45, 7) is 8.18. The van der Waals surface area contributed by atoms with Crippen LogP contribution in [0.2, 0.25) is 0 Å². The van der Waals surface area contributed by atoms with E-state index in [9.17, 15) is 5.11 Å². The van der Waals surface area contributed by atoms with Gasteiger partial charge in [-0.3, -0.25) is 4.68 Å². The summed E-state index contributed by atoms with van der Waals surface area (Å²) in [6, 6.07) is 10.3. The topological polar surface area (TPSA) is 50.1 Å². The molecular weight excluding hydrogens is 274 g/mol. The quantitative estimate of drug-likeness (QED) is 0.788. The van der Waals surface area contributed by atoms with E-state index >= 15 is 0 Å². The monoisotopic (exact) mass is 301 g/mol.